The van der Waals surface area contributed by atoms with Gasteiger partial charge in [0.2, 0.25) is 0 Å². The number of benzene rings is 2. The minimum Gasteiger partial charge on any atom is -0.487 e. The van der Waals surface area contributed by atoms with E-state index >= 15 is 0 Å². The number of rotatable bonds is 7. The van der Waals surface area contributed by atoms with Crippen LogP contribution in [0.4, 0.5) is 11.4 Å². The van der Waals surface area contributed by atoms with E-state index in [0.29, 0.717) is 17.1 Å². The average molecular weight is 410 g/mol. The molecule has 0 bridgehead atoms. The number of hydrogen-bond acceptors (Lipinski definition) is 7. The molecule has 1 N–H and O–H groups in total. The highest BCUT2D eigenvalue weighted by Crippen LogP contribution is 2.32. The van der Waals surface area contributed by atoms with Crippen LogP contribution in [0.15, 0.2) is 40.9 Å². The van der Waals surface area contributed by atoms with Gasteiger partial charge in [-0.05, 0) is 37.6 Å². The molecule has 0 atom stereocenters. The van der Waals surface area contributed by atoms with E-state index in [-0.39, 0.29) is 35.4 Å². The van der Waals surface area contributed by atoms with Crippen LogP contribution >= 0.6 is 0 Å². The second-order valence-electron chi connectivity index (χ2n) is 6.94. The highest BCUT2D eigenvalue weighted by Gasteiger charge is 2.21. The first kappa shape index (κ1) is 21.0. The van der Waals surface area contributed by atoms with Crippen LogP contribution < -0.4 is 10.1 Å². The molecule has 3 aromatic rings. The molecule has 156 valence electrons. The van der Waals surface area contributed by atoms with Crippen LogP contribution in [0.3, 0.4) is 0 Å². The first-order valence-electron chi connectivity index (χ1n) is 9.48. The van der Waals surface area contributed by atoms with Crippen LogP contribution in [0.1, 0.15) is 48.4 Å². The van der Waals surface area contributed by atoms with Gasteiger partial charge >= 0.3 is 5.69 Å². The molecule has 0 saturated carbocycles. The number of para-hydroxylation sites is 1. The molecule has 0 aliphatic heterocycles. The molecule has 1 amide bonds. The van der Waals surface area contributed by atoms with Gasteiger partial charge in [-0.2, -0.15) is 4.98 Å². The van der Waals surface area contributed by atoms with Crippen molar-refractivity contribution in [3.63, 3.8) is 0 Å². The van der Waals surface area contributed by atoms with Gasteiger partial charge in [-0.3, -0.25) is 14.9 Å². The lowest BCUT2D eigenvalue weighted by atomic mass is 10.1. The lowest BCUT2D eigenvalue weighted by Gasteiger charge is -2.12. The molecule has 9 nitrogen and oxygen atoms in total. The van der Waals surface area contributed by atoms with Gasteiger partial charge in [-0.15, -0.1) is 0 Å². The maximum absolute atomic E-state index is 12.9. The van der Waals surface area contributed by atoms with Crippen molar-refractivity contribution < 1.29 is 19.0 Å². The summed E-state index contributed by atoms with van der Waals surface area (Å²) in [7, 11) is 0. The number of hydrogen-bond donors (Lipinski definition) is 1. The number of carbonyl (C=O) groups is 1. The minimum atomic E-state index is -0.577. The molecule has 0 fully saturated rings. The van der Waals surface area contributed by atoms with Gasteiger partial charge in [-0.25, -0.2) is 0 Å². The van der Waals surface area contributed by atoms with Gasteiger partial charge < -0.3 is 14.6 Å². The third kappa shape index (κ3) is 4.29. The topological polar surface area (TPSA) is 120 Å². The predicted molar refractivity (Wildman–Crippen MR) is 111 cm³/mol. The zero-order chi connectivity index (χ0) is 21.8. The van der Waals surface area contributed by atoms with Crippen molar-refractivity contribution in [2.75, 3.05) is 11.9 Å². The smallest absolute Gasteiger partial charge is 0.311 e. The number of amides is 1. The fourth-order valence-corrected chi connectivity index (χ4v) is 2.86. The molecular weight excluding hydrogens is 388 g/mol. The quantitative estimate of drug-likeness (QED) is 0.441. The van der Waals surface area contributed by atoms with E-state index in [9.17, 15) is 14.9 Å². The molecule has 0 saturated heterocycles. The maximum Gasteiger partial charge on any atom is 0.311 e. The van der Waals surface area contributed by atoms with E-state index in [1.165, 1.54) is 18.2 Å². The van der Waals surface area contributed by atoms with Crippen molar-refractivity contribution in [1.82, 2.24) is 10.1 Å². The number of nitrogens with one attached hydrogen (secondary N) is 1. The van der Waals surface area contributed by atoms with Gasteiger partial charge in [0.1, 0.15) is 0 Å². The highest BCUT2D eigenvalue weighted by molar-refractivity contribution is 6.07. The standard InChI is InChI=1S/C21H22N4O5/c1-5-29-17-10-9-14(11-16(17)25(27)28)20(26)22-18-13(4)7-6-8-15(18)21-23-19(12(2)3)24-30-21/h6-12H,5H2,1-4H3,(H,22,26). The Morgan fingerprint density at radius 1 is 1.30 bits per heavy atom. The molecule has 30 heavy (non-hydrogen) atoms. The van der Waals surface area contributed by atoms with Gasteiger partial charge in [-0.1, -0.05) is 31.1 Å². The summed E-state index contributed by atoms with van der Waals surface area (Å²) in [4.78, 5) is 28.0. The van der Waals surface area contributed by atoms with Crippen molar-refractivity contribution in [2.24, 2.45) is 0 Å². The Morgan fingerprint density at radius 3 is 2.70 bits per heavy atom. The first-order chi connectivity index (χ1) is 14.3. The van der Waals surface area contributed by atoms with Gasteiger partial charge in [0.05, 0.1) is 22.8 Å². The number of aryl methyl sites for hydroxylation is 1. The van der Waals surface area contributed by atoms with Crippen LogP contribution in [0, 0.1) is 17.0 Å². The number of aromatic nitrogens is 2. The van der Waals surface area contributed by atoms with Gasteiger partial charge in [0.25, 0.3) is 11.8 Å². The van der Waals surface area contributed by atoms with E-state index in [1.54, 1.807) is 13.0 Å². The summed E-state index contributed by atoms with van der Waals surface area (Å²) >= 11 is 0. The molecule has 3 rings (SSSR count). The third-order valence-electron chi connectivity index (χ3n) is 4.42. The van der Waals surface area contributed by atoms with Crippen molar-refractivity contribution in [3.8, 4) is 17.2 Å². The molecule has 0 radical (unpaired) electrons. The summed E-state index contributed by atoms with van der Waals surface area (Å²) < 4.78 is 10.6. The molecule has 0 aliphatic rings. The third-order valence-corrected chi connectivity index (χ3v) is 4.42. The fraction of sp³-hybridized carbons (Fsp3) is 0.286. The van der Waals surface area contributed by atoms with Crippen molar-refractivity contribution in [2.45, 2.75) is 33.6 Å². The van der Waals surface area contributed by atoms with E-state index in [2.05, 4.69) is 15.5 Å². The SMILES string of the molecule is CCOc1ccc(C(=O)Nc2c(C)cccc2-c2nc(C(C)C)no2)cc1[N+](=O)[O-]. The molecular formula is C21H22N4O5. The summed E-state index contributed by atoms with van der Waals surface area (Å²) in [6, 6.07) is 9.51. The Balaban J connectivity index is 1.95. The normalized spacial score (nSPS) is 10.8. The zero-order valence-corrected chi connectivity index (χ0v) is 17.1. The Morgan fingerprint density at radius 2 is 2.07 bits per heavy atom. The van der Waals surface area contributed by atoms with Crippen molar-refractivity contribution in [1.29, 1.82) is 0 Å². The first-order valence-corrected chi connectivity index (χ1v) is 9.48. The van der Waals surface area contributed by atoms with E-state index < -0.39 is 10.8 Å². The van der Waals surface area contributed by atoms with Crippen molar-refractivity contribution in [3.05, 3.63) is 63.5 Å². The molecule has 2 aromatic carbocycles. The van der Waals surface area contributed by atoms with Crippen LogP contribution in [0.25, 0.3) is 11.5 Å². The molecule has 0 aliphatic carbocycles. The molecule has 1 aromatic heterocycles. The van der Waals surface area contributed by atoms with Crippen LogP contribution in [0.5, 0.6) is 5.75 Å². The molecule has 1 heterocycles. The van der Waals surface area contributed by atoms with Gasteiger partial charge in [0, 0.05) is 17.5 Å². The fourth-order valence-electron chi connectivity index (χ4n) is 2.86. The lowest BCUT2D eigenvalue weighted by molar-refractivity contribution is -0.385. The summed E-state index contributed by atoms with van der Waals surface area (Å²) in [5.41, 5.74) is 1.72. The van der Waals surface area contributed by atoms with Crippen LogP contribution in [0.2, 0.25) is 0 Å². The largest absolute Gasteiger partial charge is 0.487 e. The van der Waals surface area contributed by atoms with Gasteiger partial charge in [0.15, 0.2) is 11.6 Å². The van der Waals surface area contributed by atoms with Crippen molar-refractivity contribution >= 4 is 17.3 Å². The Hall–Kier alpha value is -3.75. The maximum atomic E-state index is 12.9. The minimum absolute atomic E-state index is 0.0924. The second kappa shape index (κ2) is 8.73. The average Bonchev–Trinajstić information content (AvgIpc) is 3.20. The number of nitro benzene ring substituents is 1. The number of nitrogens with zero attached hydrogens (tertiary/aromatic N) is 3. The van der Waals surface area contributed by atoms with Crippen LogP contribution in [-0.4, -0.2) is 27.6 Å². The number of carbonyl (C=O) groups excluding carboxylic acids is 1. The van der Waals surface area contributed by atoms with E-state index in [0.717, 1.165) is 5.56 Å². The predicted octanol–water partition coefficient (Wildman–Crippen LogP) is 4.73. The Labute approximate surface area is 173 Å². The molecule has 9 heteroatoms. The summed E-state index contributed by atoms with van der Waals surface area (Å²) in [5, 5.41) is 18.1. The highest BCUT2D eigenvalue weighted by atomic mass is 16.6. The molecule has 0 unspecified atom stereocenters. The molecule has 0 spiro atoms. The lowest BCUT2D eigenvalue weighted by Crippen LogP contribution is -2.14. The zero-order valence-electron chi connectivity index (χ0n) is 17.1. The Bertz CT molecular complexity index is 1090. The van der Waals surface area contributed by atoms with E-state index in [1.807, 2.05) is 32.9 Å². The Kier molecular flexibility index (Phi) is 6.10. The number of ether oxygens (including phenoxy) is 1. The van der Waals surface area contributed by atoms with E-state index in [4.69, 9.17) is 9.26 Å². The second-order valence-corrected chi connectivity index (χ2v) is 6.94. The monoisotopic (exact) mass is 410 g/mol. The number of nitro groups is 1. The van der Waals surface area contributed by atoms with Crippen LogP contribution in [-0.2, 0) is 0 Å². The summed E-state index contributed by atoms with van der Waals surface area (Å²) in [5.74, 6) is 0.555. The number of anilines is 1. The summed E-state index contributed by atoms with van der Waals surface area (Å²) in [6.45, 7) is 7.74. The summed E-state index contributed by atoms with van der Waals surface area (Å²) in [6.07, 6.45) is 0.